The zero-order valence-corrected chi connectivity index (χ0v) is 11.1. The lowest BCUT2D eigenvalue weighted by molar-refractivity contribution is -0.384. The number of rotatable bonds is 3. The third kappa shape index (κ3) is 3.19. The summed E-state index contributed by atoms with van der Waals surface area (Å²) in [5.74, 6) is -0.413. The van der Waals surface area contributed by atoms with Crippen LogP contribution in [-0.2, 0) is 0 Å². The molecule has 0 aliphatic heterocycles. The van der Waals surface area contributed by atoms with Crippen LogP contribution >= 0.6 is 15.9 Å². The summed E-state index contributed by atoms with van der Waals surface area (Å²) in [5, 5.41) is 13.6. The summed E-state index contributed by atoms with van der Waals surface area (Å²) < 4.78 is 13.8. The molecule has 98 valence electrons. The van der Waals surface area contributed by atoms with E-state index in [1.54, 1.807) is 6.07 Å². The first-order valence-corrected chi connectivity index (χ1v) is 6.02. The Morgan fingerprint density at radius 3 is 2.68 bits per heavy atom. The lowest BCUT2D eigenvalue weighted by Crippen LogP contribution is -1.97. The lowest BCUT2D eigenvalue weighted by Gasteiger charge is -2.09. The first kappa shape index (κ1) is 13.3. The van der Waals surface area contributed by atoms with Crippen LogP contribution in [0.4, 0.5) is 27.1 Å². The van der Waals surface area contributed by atoms with E-state index < -0.39 is 10.7 Å². The summed E-state index contributed by atoms with van der Waals surface area (Å²) >= 11 is 3.26. The molecule has 0 aliphatic rings. The number of nitrogen functional groups attached to an aromatic ring is 1. The molecule has 0 saturated carbocycles. The Morgan fingerprint density at radius 2 is 2.00 bits per heavy atom. The number of anilines is 3. The van der Waals surface area contributed by atoms with Gasteiger partial charge in [-0.2, -0.15) is 0 Å². The summed E-state index contributed by atoms with van der Waals surface area (Å²) in [6.45, 7) is 0. The molecule has 5 nitrogen and oxygen atoms in total. The van der Waals surface area contributed by atoms with E-state index in [0.29, 0.717) is 15.8 Å². The molecular weight excluding hydrogens is 317 g/mol. The molecule has 0 amide bonds. The van der Waals surface area contributed by atoms with Crippen LogP contribution < -0.4 is 11.1 Å². The molecule has 19 heavy (non-hydrogen) atoms. The fourth-order valence-electron chi connectivity index (χ4n) is 1.56. The Bertz CT molecular complexity index is 649. The smallest absolute Gasteiger partial charge is 0.273 e. The van der Waals surface area contributed by atoms with Gasteiger partial charge < -0.3 is 11.1 Å². The van der Waals surface area contributed by atoms with Crippen molar-refractivity contribution in [2.75, 3.05) is 11.1 Å². The average molecular weight is 326 g/mol. The van der Waals surface area contributed by atoms with Crippen molar-refractivity contribution >= 4 is 38.7 Å². The normalized spacial score (nSPS) is 10.2. The highest BCUT2D eigenvalue weighted by Crippen LogP contribution is 2.29. The van der Waals surface area contributed by atoms with Crippen molar-refractivity contribution in [2.45, 2.75) is 0 Å². The fraction of sp³-hybridized carbons (Fsp3) is 0. The second-order valence-corrected chi connectivity index (χ2v) is 4.67. The van der Waals surface area contributed by atoms with Crippen LogP contribution in [0, 0.1) is 15.9 Å². The van der Waals surface area contributed by atoms with Gasteiger partial charge in [0, 0.05) is 28.0 Å². The van der Waals surface area contributed by atoms with E-state index >= 15 is 0 Å². The molecule has 0 fully saturated rings. The Hall–Kier alpha value is -2.15. The minimum Gasteiger partial charge on any atom is -0.398 e. The maximum atomic E-state index is 13.1. The van der Waals surface area contributed by atoms with E-state index in [-0.39, 0.29) is 11.4 Å². The van der Waals surface area contributed by atoms with Crippen LogP contribution in [0.2, 0.25) is 0 Å². The first-order chi connectivity index (χ1) is 8.95. The van der Waals surface area contributed by atoms with E-state index in [4.69, 9.17) is 5.73 Å². The number of benzene rings is 2. The number of hydrogen-bond donors (Lipinski definition) is 2. The topological polar surface area (TPSA) is 81.2 Å². The van der Waals surface area contributed by atoms with Crippen LogP contribution in [-0.4, -0.2) is 4.92 Å². The van der Waals surface area contributed by atoms with Gasteiger partial charge in [0.05, 0.1) is 10.6 Å². The number of nitrogens with zero attached hydrogens (tertiary/aromatic N) is 1. The highest BCUT2D eigenvalue weighted by atomic mass is 79.9. The molecule has 0 aliphatic carbocycles. The molecule has 0 spiro atoms. The summed E-state index contributed by atoms with van der Waals surface area (Å²) in [6.07, 6.45) is 0. The molecule has 2 rings (SSSR count). The molecule has 0 saturated heterocycles. The van der Waals surface area contributed by atoms with E-state index in [9.17, 15) is 14.5 Å². The van der Waals surface area contributed by atoms with Gasteiger partial charge in [0.2, 0.25) is 0 Å². The van der Waals surface area contributed by atoms with Crippen LogP contribution in [0.5, 0.6) is 0 Å². The number of nitrogens with one attached hydrogen (secondary N) is 1. The third-order valence-corrected chi connectivity index (χ3v) is 3.05. The summed E-state index contributed by atoms with van der Waals surface area (Å²) in [5.41, 5.74) is 6.59. The van der Waals surface area contributed by atoms with Gasteiger partial charge in [0.15, 0.2) is 0 Å². The largest absolute Gasteiger partial charge is 0.398 e. The molecule has 2 aromatic rings. The van der Waals surface area contributed by atoms with Crippen molar-refractivity contribution in [3.05, 3.63) is 56.8 Å². The van der Waals surface area contributed by atoms with Gasteiger partial charge in [-0.25, -0.2) is 4.39 Å². The maximum absolute atomic E-state index is 13.1. The predicted molar refractivity (Wildman–Crippen MR) is 74.9 cm³/mol. The van der Waals surface area contributed by atoms with Crippen molar-refractivity contribution in [3.63, 3.8) is 0 Å². The van der Waals surface area contributed by atoms with Gasteiger partial charge in [-0.15, -0.1) is 0 Å². The second-order valence-electron chi connectivity index (χ2n) is 3.82. The highest BCUT2D eigenvalue weighted by Gasteiger charge is 2.10. The molecule has 2 aromatic carbocycles. The van der Waals surface area contributed by atoms with Crippen LogP contribution in [0.1, 0.15) is 0 Å². The van der Waals surface area contributed by atoms with Crippen LogP contribution in [0.25, 0.3) is 0 Å². The van der Waals surface area contributed by atoms with Crippen molar-refractivity contribution < 1.29 is 9.31 Å². The molecule has 3 N–H and O–H groups in total. The predicted octanol–water partition coefficient (Wildman–Crippen LogP) is 3.82. The standard InChI is InChI=1S/C12H9BrFN3O2/c13-11-2-1-7(14)3-12(11)16-9-4-8(15)5-10(6-9)17(18)19/h1-6,16H,15H2. The molecule has 0 atom stereocenters. The number of non-ortho nitro benzene ring substituents is 1. The molecule has 0 unspecified atom stereocenters. The zero-order chi connectivity index (χ0) is 14.0. The van der Waals surface area contributed by atoms with E-state index in [2.05, 4.69) is 21.2 Å². The summed E-state index contributed by atoms with van der Waals surface area (Å²) in [6, 6.07) is 8.23. The monoisotopic (exact) mass is 325 g/mol. The van der Waals surface area contributed by atoms with Crippen molar-refractivity contribution in [1.82, 2.24) is 0 Å². The Labute approximate surface area is 116 Å². The van der Waals surface area contributed by atoms with Crippen LogP contribution in [0.3, 0.4) is 0 Å². The Kier molecular flexibility index (Phi) is 3.66. The molecular formula is C12H9BrFN3O2. The van der Waals surface area contributed by atoms with E-state index in [1.165, 1.54) is 30.3 Å². The minimum absolute atomic E-state index is 0.130. The molecule has 7 heteroatoms. The number of nitro groups is 1. The number of halogens is 2. The van der Waals surface area contributed by atoms with Gasteiger partial charge in [-0.1, -0.05) is 0 Å². The molecule has 0 bridgehead atoms. The van der Waals surface area contributed by atoms with Crippen LogP contribution in [0.15, 0.2) is 40.9 Å². The van der Waals surface area contributed by atoms with Gasteiger partial charge in [0.1, 0.15) is 5.82 Å². The highest BCUT2D eigenvalue weighted by molar-refractivity contribution is 9.10. The number of hydrogen-bond acceptors (Lipinski definition) is 4. The van der Waals surface area contributed by atoms with Crippen molar-refractivity contribution in [3.8, 4) is 0 Å². The van der Waals surface area contributed by atoms with E-state index in [1.807, 2.05) is 0 Å². The van der Waals surface area contributed by atoms with Crippen molar-refractivity contribution in [1.29, 1.82) is 0 Å². The summed E-state index contributed by atoms with van der Waals surface area (Å²) in [4.78, 5) is 10.2. The minimum atomic E-state index is -0.540. The zero-order valence-electron chi connectivity index (χ0n) is 9.56. The van der Waals surface area contributed by atoms with Gasteiger partial charge in [-0.05, 0) is 40.2 Å². The molecule has 0 heterocycles. The summed E-state index contributed by atoms with van der Waals surface area (Å²) in [7, 11) is 0. The van der Waals surface area contributed by atoms with Crippen molar-refractivity contribution in [2.24, 2.45) is 0 Å². The van der Waals surface area contributed by atoms with E-state index in [0.717, 1.165) is 0 Å². The molecule has 0 radical (unpaired) electrons. The first-order valence-electron chi connectivity index (χ1n) is 5.23. The lowest BCUT2D eigenvalue weighted by atomic mass is 10.2. The average Bonchev–Trinajstić information content (AvgIpc) is 2.33. The Balaban J connectivity index is 2.38. The SMILES string of the molecule is Nc1cc(Nc2cc(F)ccc2Br)cc([N+](=O)[O-])c1. The maximum Gasteiger partial charge on any atom is 0.273 e. The second kappa shape index (κ2) is 5.23. The molecule has 0 aromatic heterocycles. The van der Waals surface area contributed by atoms with Gasteiger partial charge >= 0.3 is 0 Å². The van der Waals surface area contributed by atoms with Gasteiger partial charge in [0.25, 0.3) is 5.69 Å². The third-order valence-electron chi connectivity index (χ3n) is 2.36. The number of nitro benzene ring substituents is 1. The quantitative estimate of drug-likeness (QED) is 0.510. The Morgan fingerprint density at radius 1 is 1.26 bits per heavy atom. The fourth-order valence-corrected chi connectivity index (χ4v) is 1.91. The number of nitrogens with two attached hydrogens (primary N) is 1. The van der Waals surface area contributed by atoms with Gasteiger partial charge in [-0.3, -0.25) is 10.1 Å².